The lowest BCUT2D eigenvalue weighted by atomic mass is 10.1. The maximum Gasteiger partial charge on any atom is 0.264 e. The molecule has 2 amide bonds. The van der Waals surface area contributed by atoms with Crippen LogP contribution in [0.15, 0.2) is 77.7 Å². The summed E-state index contributed by atoms with van der Waals surface area (Å²) in [4.78, 5) is 28.7. The van der Waals surface area contributed by atoms with Crippen molar-refractivity contribution in [3.05, 3.63) is 94.0 Å². The molecule has 1 atom stereocenters. The molecule has 1 N–H and O–H groups in total. The van der Waals surface area contributed by atoms with Gasteiger partial charge in [-0.05, 0) is 68.7 Å². The van der Waals surface area contributed by atoms with Crippen molar-refractivity contribution in [1.29, 1.82) is 0 Å². The van der Waals surface area contributed by atoms with Crippen LogP contribution in [0.5, 0.6) is 0 Å². The number of nitrogens with zero attached hydrogens (tertiary/aromatic N) is 2. The van der Waals surface area contributed by atoms with E-state index in [0.29, 0.717) is 10.6 Å². The molecule has 0 bridgehead atoms. The summed E-state index contributed by atoms with van der Waals surface area (Å²) in [6.07, 6.45) is 3.90. The van der Waals surface area contributed by atoms with E-state index in [1.165, 1.54) is 17.0 Å². The molecule has 1 fully saturated rings. The Kier molecular flexibility index (Phi) is 9.77. The number of anilines is 1. The van der Waals surface area contributed by atoms with Crippen LogP contribution in [0.3, 0.4) is 0 Å². The van der Waals surface area contributed by atoms with Gasteiger partial charge < -0.3 is 10.2 Å². The monoisotopic (exact) mass is 601 g/mol. The second-order valence-corrected chi connectivity index (χ2v) is 12.8. The number of sulfonamides is 1. The first-order chi connectivity index (χ1) is 19.1. The fraction of sp³-hybridized carbons (Fsp3) is 0.333. The highest BCUT2D eigenvalue weighted by molar-refractivity contribution is 7.92. The largest absolute Gasteiger partial charge is 0.352 e. The van der Waals surface area contributed by atoms with Gasteiger partial charge in [-0.15, -0.1) is 0 Å². The van der Waals surface area contributed by atoms with Gasteiger partial charge in [-0.25, -0.2) is 8.42 Å². The molecule has 0 aliphatic heterocycles. The summed E-state index contributed by atoms with van der Waals surface area (Å²) in [7, 11) is -4.19. The lowest BCUT2D eigenvalue weighted by molar-refractivity contribution is -0.139. The van der Waals surface area contributed by atoms with Gasteiger partial charge in [-0.1, -0.05) is 78.0 Å². The Morgan fingerprint density at radius 1 is 0.975 bits per heavy atom. The number of benzene rings is 3. The molecule has 1 saturated carbocycles. The molecule has 1 aliphatic carbocycles. The molecule has 212 valence electrons. The smallest absolute Gasteiger partial charge is 0.264 e. The van der Waals surface area contributed by atoms with Gasteiger partial charge in [0.05, 0.1) is 15.6 Å². The number of carbonyl (C=O) groups is 2. The van der Waals surface area contributed by atoms with E-state index in [0.717, 1.165) is 35.6 Å². The van der Waals surface area contributed by atoms with Gasteiger partial charge in [-0.2, -0.15) is 0 Å². The van der Waals surface area contributed by atoms with E-state index in [1.54, 1.807) is 61.5 Å². The summed E-state index contributed by atoms with van der Waals surface area (Å²) < 4.78 is 28.8. The highest BCUT2D eigenvalue weighted by Crippen LogP contribution is 2.31. The normalized spacial score (nSPS) is 14.5. The number of aryl methyl sites for hydroxylation is 1. The van der Waals surface area contributed by atoms with Crippen LogP contribution in [0.25, 0.3) is 0 Å². The van der Waals surface area contributed by atoms with Crippen LogP contribution >= 0.6 is 23.2 Å². The van der Waals surface area contributed by atoms with Crippen LogP contribution in [0.1, 0.15) is 43.7 Å². The van der Waals surface area contributed by atoms with Crippen molar-refractivity contribution in [3.63, 3.8) is 0 Å². The van der Waals surface area contributed by atoms with Crippen LogP contribution in [0, 0.1) is 6.92 Å². The standard InChI is InChI=1S/C30H33Cl2N3O4S/c1-21-14-16-26(17-15-21)40(38,39)35(28-13-6-5-12-27(28)32)20-29(36)34(19-23-8-7-9-24(31)18-23)22(2)30(37)33-25-10-3-4-11-25/h5-9,12-18,22,25H,3-4,10-11,19-20H2,1-2H3,(H,33,37)/t22-/m0/s1. The number of amides is 2. The number of hydrogen-bond donors (Lipinski definition) is 1. The van der Waals surface area contributed by atoms with Crippen molar-refractivity contribution >= 4 is 50.7 Å². The summed E-state index contributed by atoms with van der Waals surface area (Å²) in [6.45, 7) is 3.03. The van der Waals surface area contributed by atoms with E-state index in [9.17, 15) is 18.0 Å². The summed E-state index contributed by atoms with van der Waals surface area (Å²) in [6, 6.07) is 19.1. The minimum atomic E-state index is -4.19. The van der Waals surface area contributed by atoms with Gasteiger partial charge in [0.2, 0.25) is 11.8 Å². The Balaban J connectivity index is 1.69. The lowest BCUT2D eigenvalue weighted by Crippen LogP contribution is -2.52. The molecular weight excluding hydrogens is 569 g/mol. The predicted octanol–water partition coefficient (Wildman–Crippen LogP) is 5.97. The molecular formula is C30H33Cl2N3O4S. The number of hydrogen-bond acceptors (Lipinski definition) is 4. The molecule has 3 aromatic carbocycles. The van der Waals surface area contributed by atoms with E-state index in [1.807, 2.05) is 13.0 Å². The highest BCUT2D eigenvalue weighted by atomic mass is 35.5. The van der Waals surface area contributed by atoms with Crippen molar-refractivity contribution in [1.82, 2.24) is 10.2 Å². The van der Waals surface area contributed by atoms with Crippen LogP contribution in [0.4, 0.5) is 5.69 Å². The zero-order chi connectivity index (χ0) is 28.9. The number of halogens is 2. The first kappa shape index (κ1) is 29.9. The van der Waals surface area contributed by atoms with E-state index in [2.05, 4.69) is 5.32 Å². The van der Waals surface area contributed by atoms with Gasteiger partial charge >= 0.3 is 0 Å². The van der Waals surface area contributed by atoms with E-state index < -0.39 is 28.5 Å². The predicted molar refractivity (Wildman–Crippen MR) is 159 cm³/mol. The topological polar surface area (TPSA) is 86.8 Å². The summed E-state index contributed by atoms with van der Waals surface area (Å²) in [5.74, 6) is -0.836. The molecule has 0 spiro atoms. The fourth-order valence-electron chi connectivity index (χ4n) is 4.81. The maximum atomic E-state index is 14.0. The molecule has 7 nitrogen and oxygen atoms in total. The van der Waals surface area contributed by atoms with Crippen molar-refractivity contribution in [3.8, 4) is 0 Å². The first-order valence-electron chi connectivity index (χ1n) is 13.2. The fourth-order valence-corrected chi connectivity index (χ4v) is 6.75. The second-order valence-electron chi connectivity index (χ2n) is 10.1. The number of para-hydroxylation sites is 1. The zero-order valence-corrected chi connectivity index (χ0v) is 24.8. The quantitative estimate of drug-likeness (QED) is 0.310. The van der Waals surface area contributed by atoms with Crippen molar-refractivity contribution in [2.24, 2.45) is 0 Å². The minimum Gasteiger partial charge on any atom is -0.352 e. The Labute approximate surface area is 246 Å². The Morgan fingerprint density at radius 2 is 1.65 bits per heavy atom. The Morgan fingerprint density at radius 3 is 2.30 bits per heavy atom. The third-order valence-electron chi connectivity index (χ3n) is 7.12. The van der Waals surface area contributed by atoms with E-state index >= 15 is 0 Å². The Hall–Kier alpha value is -3.07. The number of carbonyl (C=O) groups excluding carboxylic acids is 2. The lowest BCUT2D eigenvalue weighted by Gasteiger charge is -2.32. The molecule has 0 saturated heterocycles. The molecule has 1 aliphatic rings. The third kappa shape index (κ3) is 7.16. The zero-order valence-electron chi connectivity index (χ0n) is 22.5. The molecule has 0 unspecified atom stereocenters. The van der Waals surface area contributed by atoms with Crippen LogP contribution in [-0.2, 0) is 26.2 Å². The molecule has 3 aromatic rings. The average molecular weight is 603 g/mol. The van der Waals surface area contributed by atoms with Gasteiger partial charge in [0.15, 0.2) is 0 Å². The summed E-state index contributed by atoms with van der Waals surface area (Å²) in [5.41, 5.74) is 1.78. The van der Waals surface area contributed by atoms with Gasteiger partial charge in [0.1, 0.15) is 12.6 Å². The van der Waals surface area contributed by atoms with Crippen LogP contribution < -0.4 is 9.62 Å². The summed E-state index contributed by atoms with van der Waals surface area (Å²) >= 11 is 12.6. The third-order valence-corrected chi connectivity index (χ3v) is 9.45. The Bertz CT molecular complexity index is 1460. The van der Waals surface area contributed by atoms with Gasteiger partial charge in [-0.3, -0.25) is 13.9 Å². The maximum absolute atomic E-state index is 14.0. The van der Waals surface area contributed by atoms with E-state index in [4.69, 9.17) is 23.2 Å². The van der Waals surface area contributed by atoms with Gasteiger partial charge in [0, 0.05) is 17.6 Å². The second kappa shape index (κ2) is 13.1. The SMILES string of the molecule is Cc1ccc(S(=O)(=O)N(CC(=O)N(Cc2cccc(Cl)c2)[C@@H](C)C(=O)NC2CCCC2)c2ccccc2Cl)cc1. The first-order valence-corrected chi connectivity index (χ1v) is 15.4. The van der Waals surface area contributed by atoms with Crippen molar-refractivity contribution in [2.75, 3.05) is 10.8 Å². The molecule has 4 rings (SSSR count). The van der Waals surface area contributed by atoms with E-state index in [-0.39, 0.29) is 34.1 Å². The molecule has 0 aromatic heterocycles. The van der Waals surface area contributed by atoms with Crippen LogP contribution in [-0.4, -0.2) is 43.8 Å². The van der Waals surface area contributed by atoms with Crippen molar-refractivity contribution < 1.29 is 18.0 Å². The molecule has 0 radical (unpaired) electrons. The average Bonchev–Trinajstić information content (AvgIpc) is 3.43. The summed E-state index contributed by atoms with van der Waals surface area (Å²) in [5, 5.41) is 3.73. The van der Waals surface area contributed by atoms with Gasteiger partial charge in [0.25, 0.3) is 10.0 Å². The minimum absolute atomic E-state index is 0.0271. The molecule has 0 heterocycles. The molecule has 10 heteroatoms. The number of rotatable bonds is 10. The van der Waals surface area contributed by atoms with Crippen LogP contribution in [0.2, 0.25) is 10.0 Å². The highest BCUT2D eigenvalue weighted by Gasteiger charge is 2.34. The number of nitrogens with one attached hydrogen (secondary N) is 1. The van der Waals surface area contributed by atoms with Crippen molar-refractivity contribution in [2.45, 2.75) is 63.1 Å². The molecule has 40 heavy (non-hydrogen) atoms.